The van der Waals surface area contributed by atoms with Gasteiger partial charge in [0.2, 0.25) is 15.9 Å². The lowest BCUT2D eigenvalue weighted by Crippen LogP contribution is -2.42. The Morgan fingerprint density at radius 1 is 1.08 bits per heavy atom. The van der Waals surface area contributed by atoms with Gasteiger partial charge in [0.25, 0.3) is 5.91 Å². The third-order valence-corrected chi connectivity index (χ3v) is 8.30. The molecule has 4 rings (SSSR count). The highest BCUT2D eigenvalue weighted by molar-refractivity contribution is 7.89. The van der Waals surface area contributed by atoms with Crippen molar-refractivity contribution in [2.45, 2.75) is 43.5 Å². The minimum atomic E-state index is -3.74. The van der Waals surface area contributed by atoms with Crippen molar-refractivity contribution in [3.05, 3.63) is 54.1 Å². The molecule has 192 valence electrons. The molecule has 0 radical (unpaired) electrons. The third kappa shape index (κ3) is 4.93. The summed E-state index contributed by atoms with van der Waals surface area (Å²) in [5.74, 6) is -0.931. The van der Waals surface area contributed by atoms with Gasteiger partial charge in [-0.25, -0.2) is 13.2 Å². The number of urea groups is 1. The molecule has 2 heterocycles. The van der Waals surface area contributed by atoms with Crippen LogP contribution in [0.25, 0.3) is 0 Å². The van der Waals surface area contributed by atoms with Crippen LogP contribution in [0.1, 0.15) is 38.7 Å². The van der Waals surface area contributed by atoms with E-state index >= 15 is 0 Å². The van der Waals surface area contributed by atoms with E-state index in [1.165, 1.54) is 22.5 Å². The van der Waals surface area contributed by atoms with Gasteiger partial charge in [0.15, 0.2) is 0 Å². The topological polar surface area (TPSA) is 125 Å². The molecule has 2 N–H and O–H groups in total. The highest BCUT2D eigenvalue weighted by Crippen LogP contribution is 2.31. The van der Waals surface area contributed by atoms with Gasteiger partial charge in [-0.2, -0.15) is 4.31 Å². The van der Waals surface area contributed by atoms with Gasteiger partial charge < -0.3 is 15.4 Å². The summed E-state index contributed by atoms with van der Waals surface area (Å²) in [7, 11) is -3.74. The van der Waals surface area contributed by atoms with Gasteiger partial charge in [-0.05, 0) is 50.5 Å². The fourth-order valence-corrected chi connectivity index (χ4v) is 5.99. The zero-order valence-electron chi connectivity index (χ0n) is 20.3. The molecule has 4 amide bonds. The van der Waals surface area contributed by atoms with E-state index in [4.69, 9.17) is 4.74 Å². The molecule has 2 aliphatic heterocycles. The number of ether oxygens (including phenoxy) is 1. The highest BCUT2D eigenvalue weighted by Gasteiger charge is 2.49. The Balaban J connectivity index is 1.54. The quantitative estimate of drug-likeness (QED) is 0.522. The molecule has 0 bridgehead atoms. The Kier molecular flexibility index (Phi) is 7.32. The first-order valence-electron chi connectivity index (χ1n) is 11.9. The van der Waals surface area contributed by atoms with Crippen molar-refractivity contribution >= 4 is 33.6 Å². The van der Waals surface area contributed by atoms with Crippen LogP contribution in [0.15, 0.2) is 53.4 Å². The summed E-state index contributed by atoms with van der Waals surface area (Å²) in [6.07, 6.45) is 2.59. The number of carbonyl (C=O) groups excluding carboxylic acids is 3. The van der Waals surface area contributed by atoms with Gasteiger partial charge in [-0.3, -0.25) is 14.5 Å². The van der Waals surface area contributed by atoms with Gasteiger partial charge in [0, 0.05) is 13.1 Å². The van der Waals surface area contributed by atoms with Crippen molar-refractivity contribution in [2.75, 3.05) is 31.6 Å². The fraction of sp³-hybridized carbons (Fsp3) is 0.400. The lowest BCUT2D eigenvalue weighted by Gasteiger charge is -2.26. The largest absolute Gasteiger partial charge is 0.492 e. The predicted octanol–water partition coefficient (Wildman–Crippen LogP) is 2.67. The van der Waals surface area contributed by atoms with Gasteiger partial charge in [-0.15, -0.1) is 0 Å². The standard InChI is InChI=1S/C25H30N4O6S/c1-3-35-21-13-12-19(36(33,34)28-14-8-5-9-15-28)16-20(21)26-22(30)17-29-23(31)25(2,27-24(29)32)18-10-6-4-7-11-18/h4,6-7,10-13,16H,3,5,8-9,14-15,17H2,1-2H3,(H,26,30)(H,27,32)/t25-/m0/s1. The Morgan fingerprint density at radius 2 is 1.78 bits per heavy atom. The second kappa shape index (κ2) is 10.3. The summed E-state index contributed by atoms with van der Waals surface area (Å²) in [4.78, 5) is 39.5. The molecule has 0 aromatic heterocycles. The number of amides is 4. The van der Waals surface area contributed by atoms with E-state index in [1.807, 2.05) is 0 Å². The normalized spacial score (nSPS) is 20.8. The lowest BCUT2D eigenvalue weighted by atomic mass is 9.92. The van der Waals surface area contributed by atoms with Gasteiger partial charge >= 0.3 is 6.03 Å². The zero-order chi connectivity index (χ0) is 25.9. The highest BCUT2D eigenvalue weighted by atomic mass is 32.2. The minimum absolute atomic E-state index is 0.0368. The number of piperidine rings is 1. The maximum Gasteiger partial charge on any atom is 0.325 e. The SMILES string of the molecule is CCOc1ccc(S(=O)(=O)N2CCCCC2)cc1NC(=O)CN1C(=O)N[C@@](C)(c2ccccc2)C1=O. The molecule has 2 fully saturated rings. The van der Waals surface area contributed by atoms with E-state index in [1.54, 1.807) is 44.2 Å². The molecule has 36 heavy (non-hydrogen) atoms. The van der Waals surface area contributed by atoms with Crippen molar-refractivity contribution in [2.24, 2.45) is 0 Å². The minimum Gasteiger partial charge on any atom is -0.492 e. The van der Waals surface area contributed by atoms with Crippen molar-refractivity contribution in [3.8, 4) is 5.75 Å². The summed E-state index contributed by atoms with van der Waals surface area (Å²) < 4.78 is 33.3. The van der Waals surface area contributed by atoms with Crippen molar-refractivity contribution in [3.63, 3.8) is 0 Å². The van der Waals surface area contributed by atoms with Crippen molar-refractivity contribution < 1.29 is 27.5 Å². The van der Waals surface area contributed by atoms with E-state index < -0.39 is 40.0 Å². The molecule has 0 aliphatic carbocycles. The first kappa shape index (κ1) is 25.6. The molecule has 1 atom stereocenters. The van der Waals surface area contributed by atoms with Crippen LogP contribution in [0.4, 0.5) is 10.5 Å². The van der Waals surface area contributed by atoms with Crippen LogP contribution in [0.5, 0.6) is 5.75 Å². The number of hydrogen-bond acceptors (Lipinski definition) is 6. The van der Waals surface area contributed by atoms with E-state index in [0.717, 1.165) is 24.2 Å². The van der Waals surface area contributed by atoms with Crippen molar-refractivity contribution in [1.82, 2.24) is 14.5 Å². The Morgan fingerprint density at radius 3 is 2.44 bits per heavy atom. The van der Waals surface area contributed by atoms with Crippen LogP contribution >= 0.6 is 0 Å². The molecule has 0 spiro atoms. The number of nitrogens with one attached hydrogen (secondary N) is 2. The molecule has 2 aliphatic rings. The van der Waals surface area contributed by atoms with Crippen LogP contribution < -0.4 is 15.4 Å². The fourth-order valence-electron chi connectivity index (χ4n) is 4.44. The summed E-state index contributed by atoms with van der Waals surface area (Å²) in [6, 6.07) is 12.4. The van der Waals surface area contributed by atoms with Crippen LogP contribution in [-0.2, 0) is 25.2 Å². The van der Waals surface area contributed by atoms with Crippen LogP contribution in [0.3, 0.4) is 0 Å². The molecule has 0 saturated carbocycles. The van der Waals surface area contributed by atoms with E-state index in [2.05, 4.69) is 10.6 Å². The Hall–Kier alpha value is -3.44. The van der Waals surface area contributed by atoms with Gasteiger partial charge in [0.1, 0.15) is 17.8 Å². The maximum absolute atomic E-state index is 13.1. The molecule has 10 nitrogen and oxygen atoms in total. The van der Waals surface area contributed by atoms with Gasteiger partial charge in [-0.1, -0.05) is 36.8 Å². The molecule has 2 aromatic carbocycles. The Labute approximate surface area is 210 Å². The Bertz CT molecular complexity index is 1260. The summed E-state index contributed by atoms with van der Waals surface area (Å²) in [5, 5.41) is 5.29. The van der Waals surface area contributed by atoms with Crippen LogP contribution in [0.2, 0.25) is 0 Å². The van der Waals surface area contributed by atoms with Gasteiger partial charge in [0.05, 0.1) is 17.2 Å². The smallest absolute Gasteiger partial charge is 0.325 e. The monoisotopic (exact) mass is 514 g/mol. The number of anilines is 1. The second-order valence-electron chi connectivity index (χ2n) is 8.92. The number of imide groups is 1. The molecular weight excluding hydrogens is 484 g/mol. The molecule has 2 saturated heterocycles. The first-order chi connectivity index (χ1) is 17.2. The lowest BCUT2D eigenvalue weighted by molar-refractivity contribution is -0.133. The first-order valence-corrected chi connectivity index (χ1v) is 13.4. The van der Waals surface area contributed by atoms with Crippen molar-refractivity contribution in [1.29, 1.82) is 0 Å². The van der Waals surface area contributed by atoms with E-state index in [0.29, 0.717) is 25.3 Å². The number of sulfonamides is 1. The number of rotatable bonds is 8. The average Bonchev–Trinajstić information content (AvgIpc) is 3.10. The molecule has 0 unspecified atom stereocenters. The second-order valence-corrected chi connectivity index (χ2v) is 10.9. The molecule has 11 heteroatoms. The zero-order valence-corrected chi connectivity index (χ0v) is 21.1. The summed E-state index contributed by atoms with van der Waals surface area (Å²) >= 11 is 0. The number of carbonyl (C=O) groups is 3. The molecule has 2 aromatic rings. The number of benzene rings is 2. The summed E-state index contributed by atoms with van der Waals surface area (Å²) in [6.45, 7) is 4.00. The average molecular weight is 515 g/mol. The summed E-state index contributed by atoms with van der Waals surface area (Å²) in [5.41, 5.74) is -0.546. The third-order valence-electron chi connectivity index (χ3n) is 6.41. The molecular formula is C25H30N4O6S. The number of nitrogens with zero attached hydrogens (tertiary/aromatic N) is 2. The van der Waals surface area contributed by atoms with E-state index in [9.17, 15) is 22.8 Å². The van der Waals surface area contributed by atoms with Crippen LogP contribution in [0, 0.1) is 0 Å². The maximum atomic E-state index is 13.1. The number of hydrogen-bond donors (Lipinski definition) is 2. The van der Waals surface area contributed by atoms with Crippen LogP contribution in [-0.4, -0.2) is 61.7 Å². The predicted molar refractivity (Wildman–Crippen MR) is 133 cm³/mol. The van der Waals surface area contributed by atoms with E-state index in [-0.39, 0.29) is 16.3 Å².